The van der Waals surface area contributed by atoms with E-state index in [0.29, 0.717) is 6.54 Å². The van der Waals surface area contributed by atoms with Crippen molar-refractivity contribution in [3.05, 3.63) is 65.2 Å². The first-order valence-electron chi connectivity index (χ1n) is 7.25. The van der Waals surface area contributed by atoms with Crippen LogP contribution in [0.25, 0.3) is 0 Å². The Bertz CT molecular complexity index is 534. The molecule has 0 bridgehead atoms. The molecule has 0 fully saturated rings. The Labute approximate surface area is 122 Å². The highest BCUT2D eigenvalue weighted by molar-refractivity contribution is 5.50. The topological polar surface area (TPSA) is 29.3 Å². The first-order valence-corrected chi connectivity index (χ1v) is 7.25. The number of likely N-dealkylation sites (N-methyl/N-ethyl adjacent to an activating group) is 1. The summed E-state index contributed by atoms with van der Waals surface area (Å²) >= 11 is 0. The van der Waals surface area contributed by atoms with Crippen LogP contribution in [0.5, 0.6) is 0 Å². The van der Waals surface area contributed by atoms with Crippen molar-refractivity contribution in [2.75, 3.05) is 25.0 Å². The van der Waals surface area contributed by atoms with Gasteiger partial charge in [-0.1, -0.05) is 36.4 Å². The molecule has 0 saturated carbocycles. The Morgan fingerprint density at radius 1 is 1.00 bits per heavy atom. The van der Waals surface area contributed by atoms with Gasteiger partial charge >= 0.3 is 0 Å². The summed E-state index contributed by atoms with van der Waals surface area (Å²) in [7, 11) is 2.15. The van der Waals surface area contributed by atoms with E-state index >= 15 is 0 Å². The molecule has 0 aliphatic heterocycles. The monoisotopic (exact) mass is 268 g/mol. The molecule has 2 rings (SSSR count). The molecule has 0 heterocycles. The highest BCUT2D eigenvalue weighted by Crippen LogP contribution is 2.19. The Balaban J connectivity index is 1.98. The fourth-order valence-corrected chi connectivity index (χ4v) is 2.42. The average Bonchev–Trinajstić information content (AvgIpc) is 2.48. The van der Waals surface area contributed by atoms with Crippen molar-refractivity contribution in [1.29, 1.82) is 0 Å². The maximum absolute atomic E-state index is 5.63. The van der Waals surface area contributed by atoms with Crippen LogP contribution < -0.4 is 10.6 Å². The summed E-state index contributed by atoms with van der Waals surface area (Å²) in [6.45, 7) is 3.91. The number of nitrogens with two attached hydrogens (primary N) is 1. The van der Waals surface area contributed by atoms with Crippen molar-refractivity contribution < 1.29 is 0 Å². The number of aryl methyl sites for hydroxylation is 1. The van der Waals surface area contributed by atoms with Crippen molar-refractivity contribution in [2.24, 2.45) is 5.73 Å². The normalized spacial score (nSPS) is 10.6. The van der Waals surface area contributed by atoms with E-state index in [1.165, 1.54) is 22.4 Å². The van der Waals surface area contributed by atoms with Crippen molar-refractivity contribution in [2.45, 2.75) is 19.8 Å². The van der Waals surface area contributed by atoms with E-state index < -0.39 is 0 Å². The standard InChI is InChI=1S/C18H24N2/c1-15-14-18(9-8-17(15)10-12-19)20(2)13-11-16-6-4-3-5-7-16/h3-9,14H,10-13,19H2,1-2H3. The quantitative estimate of drug-likeness (QED) is 0.872. The van der Waals surface area contributed by atoms with Gasteiger partial charge in [-0.15, -0.1) is 0 Å². The van der Waals surface area contributed by atoms with Gasteiger partial charge in [0, 0.05) is 19.3 Å². The molecule has 0 atom stereocenters. The van der Waals surface area contributed by atoms with Gasteiger partial charge in [0.05, 0.1) is 0 Å². The molecular weight excluding hydrogens is 244 g/mol. The van der Waals surface area contributed by atoms with Crippen molar-refractivity contribution >= 4 is 5.69 Å². The fraction of sp³-hybridized carbons (Fsp3) is 0.333. The maximum atomic E-state index is 5.63. The fourth-order valence-electron chi connectivity index (χ4n) is 2.42. The summed E-state index contributed by atoms with van der Waals surface area (Å²) < 4.78 is 0. The predicted molar refractivity (Wildman–Crippen MR) is 87.4 cm³/mol. The molecule has 0 amide bonds. The molecule has 2 aromatic carbocycles. The minimum atomic E-state index is 0.712. The van der Waals surface area contributed by atoms with Crippen LogP contribution in [0.3, 0.4) is 0 Å². The number of hydrogen-bond donors (Lipinski definition) is 1. The van der Waals surface area contributed by atoms with Crippen LogP contribution in [-0.2, 0) is 12.8 Å². The number of hydrogen-bond acceptors (Lipinski definition) is 2. The van der Waals surface area contributed by atoms with Crippen molar-refractivity contribution in [3.8, 4) is 0 Å². The van der Waals surface area contributed by atoms with Crippen LogP contribution in [-0.4, -0.2) is 20.1 Å². The minimum absolute atomic E-state index is 0.712. The Kier molecular flexibility index (Phi) is 5.19. The molecule has 106 valence electrons. The van der Waals surface area contributed by atoms with Gasteiger partial charge in [0.15, 0.2) is 0 Å². The number of benzene rings is 2. The first-order chi connectivity index (χ1) is 9.70. The summed E-state index contributed by atoms with van der Waals surface area (Å²) in [5.74, 6) is 0. The second-order valence-electron chi connectivity index (χ2n) is 5.31. The van der Waals surface area contributed by atoms with Gasteiger partial charge in [0.2, 0.25) is 0 Å². The molecule has 0 saturated heterocycles. The third-order valence-corrected chi connectivity index (χ3v) is 3.76. The lowest BCUT2D eigenvalue weighted by molar-refractivity contribution is 0.874. The Morgan fingerprint density at radius 2 is 1.75 bits per heavy atom. The van der Waals surface area contributed by atoms with E-state index in [1.54, 1.807) is 0 Å². The van der Waals surface area contributed by atoms with Crippen molar-refractivity contribution in [1.82, 2.24) is 0 Å². The molecule has 2 nitrogen and oxygen atoms in total. The Hall–Kier alpha value is -1.80. The summed E-state index contributed by atoms with van der Waals surface area (Å²) in [6.07, 6.45) is 2.03. The van der Waals surface area contributed by atoms with Crippen molar-refractivity contribution in [3.63, 3.8) is 0 Å². The van der Waals surface area contributed by atoms with Crippen LogP contribution in [0, 0.1) is 6.92 Å². The van der Waals surface area contributed by atoms with Crippen LogP contribution in [0.15, 0.2) is 48.5 Å². The number of anilines is 1. The van der Waals surface area contributed by atoms with Gasteiger partial charge in [0.1, 0.15) is 0 Å². The molecule has 2 heteroatoms. The number of rotatable bonds is 6. The summed E-state index contributed by atoms with van der Waals surface area (Å²) in [6, 6.07) is 17.3. The second kappa shape index (κ2) is 7.11. The molecule has 0 aliphatic carbocycles. The van der Waals surface area contributed by atoms with Crippen LogP contribution >= 0.6 is 0 Å². The van der Waals surface area contributed by atoms with E-state index in [4.69, 9.17) is 5.73 Å². The van der Waals surface area contributed by atoms with Gasteiger partial charge in [-0.05, 0) is 55.1 Å². The van der Waals surface area contributed by atoms with Gasteiger partial charge in [-0.3, -0.25) is 0 Å². The van der Waals surface area contributed by atoms with E-state index in [9.17, 15) is 0 Å². The molecule has 0 aliphatic rings. The molecule has 0 spiro atoms. The third kappa shape index (κ3) is 3.84. The molecule has 0 aromatic heterocycles. The van der Waals surface area contributed by atoms with Crippen LogP contribution in [0.2, 0.25) is 0 Å². The van der Waals surface area contributed by atoms with Gasteiger partial charge in [-0.25, -0.2) is 0 Å². The highest BCUT2D eigenvalue weighted by atomic mass is 15.1. The zero-order valence-electron chi connectivity index (χ0n) is 12.5. The van der Waals surface area contributed by atoms with E-state index in [-0.39, 0.29) is 0 Å². The van der Waals surface area contributed by atoms with Gasteiger partial charge in [-0.2, -0.15) is 0 Å². The third-order valence-electron chi connectivity index (χ3n) is 3.76. The van der Waals surface area contributed by atoms with Gasteiger partial charge in [0.25, 0.3) is 0 Å². The lowest BCUT2D eigenvalue weighted by Gasteiger charge is -2.20. The molecule has 0 radical (unpaired) electrons. The lowest BCUT2D eigenvalue weighted by atomic mass is 10.0. The SMILES string of the molecule is Cc1cc(N(C)CCc2ccccc2)ccc1CCN. The predicted octanol–water partition coefficient (Wildman–Crippen LogP) is 3.18. The van der Waals surface area contributed by atoms with E-state index in [0.717, 1.165) is 19.4 Å². The highest BCUT2D eigenvalue weighted by Gasteiger charge is 2.04. The van der Waals surface area contributed by atoms with Gasteiger partial charge < -0.3 is 10.6 Å². The number of nitrogens with zero attached hydrogens (tertiary/aromatic N) is 1. The molecule has 2 N–H and O–H groups in total. The smallest absolute Gasteiger partial charge is 0.0366 e. The molecule has 20 heavy (non-hydrogen) atoms. The average molecular weight is 268 g/mol. The van der Waals surface area contributed by atoms with Crippen LogP contribution in [0.4, 0.5) is 5.69 Å². The summed E-state index contributed by atoms with van der Waals surface area (Å²) in [5.41, 5.74) is 11.0. The largest absolute Gasteiger partial charge is 0.374 e. The summed E-state index contributed by atoms with van der Waals surface area (Å²) in [5, 5.41) is 0. The zero-order chi connectivity index (χ0) is 14.4. The van der Waals surface area contributed by atoms with E-state index in [2.05, 4.69) is 67.4 Å². The maximum Gasteiger partial charge on any atom is 0.0366 e. The Morgan fingerprint density at radius 3 is 2.40 bits per heavy atom. The second-order valence-corrected chi connectivity index (χ2v) is 5.31. The molecule has 2 aromatic rings. The lowest BCUT2D eigenvalue weighted by Crippen LogP contribution is -2.20. The minimum Gasteiger partial charge on any atom is -0.374 e. The zero-order valence-corrected chi connectivity index (χ0v) is 12.5. The molecular formula is C18H24N2. The van der Waals surface area contributed by atoms with E-state index in [1.807, 2.05) is 0 Å². The first kappa shape index (κ1) is 14.6. The molecule has 0 unspecified atom stereocenters. The summed E-state index contributed by atoms with van der Waals surface area (Å²) in [4.78, 5) is 2.31. The van der Waals surface area contributed by atoms with Crippen LogP contribution in [0.1, 0.15) is 16.7 Å².